The van der Waals surface area contributed by atoms with Crippen LogP contribution in [0.3, 0.4) is 0 Å². The Kier molecular flexibility index (Phi) is 3.21. The predicted molar refractivity (Wildman–Crippen MR) is 76.9 cm³/mol. The summed E-state index contributed by atoms with van der Waals surface area (Å²) in [6.45, 7) is 0.167. The van der Waals surface area contributed by atoms with Crippen molar-refractivity contribution in [1.29, 1.82) is 0 Å². The zero-order chi connectivity index (χ0) is 13.9. The molecule has 2 N–H and O–H groups in total. The Bertz CT molecular complexity index is 758. The molecule has 0 aliphatic heterocycles. The Hall–Kier alpha value is -2.62. The van der Waals surface area contributed by atoms with Crippen LogP contribution in [0.1, 0.15) is 5.56 Å². The van der Waals surface area contributed by atoms with E-state index in [9.17, 15) is 4.39 Å². The molecule has 100 valence electrons. The largest absolute Gasteiger partial charge is 0.488 e. The van der Waals surface area contributed by atoms with E-state index in [1.54, 1.807) is 42.7 Å². The molecule has 3 rings (SSSR count). The highest BCUT2D eigenvalue weighted by Gasteiger charge is 2.07. The van der Waals surface area contributed by atoms with Crippen molar-refractivity contribution in [2.24, 2.45) is 0 Å². The van der Waals surface area contributed by atoms with Crippen LogP contribution in [-0.4, -0.2) is 4.98 Å². The van der Waals surface area contributed by atoms with Gasteiger partial charge in [-0.25, -0.2) is 4.39 Å². The summed E-state index contributed by atoms with van der Waals surface area (Å²) in [6, 6.07) is 11.9. The maximum absolute atomic E-state index is 13.6. The molecule has 0 fully saturated rings. The predicted octanol–water partition coefficient (Wildman–Crippen LogP) is 3.54. The van der Waals surface area contributed by atoms with Crippen molar-refractivity contribution in [1.82, 2.24) is 4.98 Å². The maximum atomic E-state index is 13.6. The minimum absolute atomic E-state index is 0.167. The van der Waals surface area contributed by atoms with Crippen LogP contribution >= 0.6 is 0 Å². The molecule has 0 amide bonds. The van der Waals surface area contributed by atoms with Gasteiger partial charge >= 0.3 is 0 Å². The highest BCUT2D eigenvalue weighted by Crippen LogP contribution is 2.29. The third-order valence-corrected chi connectivity index (χ3v) is 3.15. The number of ether oxygens (including phenoxy) is 1. The lowest BCUT2D eigenvalue weighted by Crippen LogP contribution is -1.99. The monoisotopic (exact) mass is 268 g/mol. The zero-order valence-corrected chi connectivity index (χ0v) is 10.7. The van der Waals surface area contributed by atoms with Crippen LogP contribution in [0.5, 0.6) is 5.75 Å². The topological polar surface area (TPSA) is 48.1 Å². The molecule has 0 aliphatic rings. The quantitative estimate of drug-likeness (QED) is 0.739. The first-order valence-electron chi connectivity index (χ1n) is 6.24. The molecule has 1 aromatic heterocycles. The summed E-state index contributed by atoms with van der Waals surface area (Å²) in [6.07, 6.45) is 3.38. The summed E-state index contributed by atoms with van der Waals surface area (Å²) >= 11 is 0. The Morgan fingerprint density at radius 3 is 2.75 bits per heavy atom. The van der Waals surface area contributed by atoms with Crippen LogP contribution in [0, 0.1) is 5.82 Å². The highest BCUT2D eigenvalue weighted by atomic mass is 19.1. The second-order valence-electron chi connectivity index (χ2n) is 4.45. The van der Waals surface area contributed by atoms with Crippen LogP contribution in [-0.2, 0) is 6.61 Å². The van der Waals surface area contributed by atoms with Gasteiger partial charge in [-0.05, 0) is 24.3 Å². The normalized spacial score (nSPS) is 10.7. The van der Waals surface area contributed by atoms with E-state index >= 15 is 0 Å². The number of benzene rings is 2. The number of pyridine rings is 1. The third kappa shape index (κ3) is 2.28. The summed E-state index contributed by atoms with van der Waals surface area (Å²) in [7, 11) is 0. The van der Waals surface area contributed by atoms with E-state index < -0.39 is 0 Å². The summed E-state index contributed by atoms with van der Waals surface area (Å²) in [5, 5.41) is 1.70. The molecule has 0 aliphatic carbocycles. The van der Waals surface area contributed by atoms with Crippen LogP contribution in [0.25, 0.3) is 10.8 Å². The number of halogens is 1. The molecule has 3 nitrogen and oxygen atoms in total. The Morgan fingerprint density at radius 1 is 1.05 bits per heavy atom. The molecule has 0 bridgehead atoms. The van der Waals surface area contributed by atoms with Gasteiger partial charge in [-0.15, -0.1) is 0 Å². The van der Waals surface area contributed by atoms with Gasteiger partial charge in [0.15, 0.2) is 0 Å². The fraction of sp³-hybridized carbons (Fsp3) is 0.0625. The minimum atomic E-state index is -0.273. The van der Waals surface area contributed by atoms with Crippen molar-refractivity contribution in [2.75, 3.05) is 5.73 Å². The molecule has 4 heteroatoms. The molecule has 0 radical (unpaired) electrons. The second kappa shape index (κ2) is 5.17. The van der Waals surface area contributed by atoms with E-state index in [0.717, 1.165) is 10.8 Å². The van der Waals surface area contributed by atoms with Gasteiger partial charge in [0.05, 0.1) is 0 Å². The SMILES string of the molecule is Nc1ccc(OCc2ccccc2F)c2cnccc12. The van der Waals surface area contributed by atoms with Gasteiger partial charge in [0.1, 0.15) is 18.2 Å². The van der Waals surface area contributed by atoms with Crippen LogP contribution < -0.4 is 10.5 Å². The lowest BCUT2D eigenvalue weighted by atomic mass is 10.1. The Morgan fingerprint density at radius 2 is 1.90 bits per heavy atom. The van der Waals surface area contributed by atoms with E-state index in [1.807, 2.05) is 6.07 Å². The van der Waals surface area contributed by atoms with E-state index in [0.29, 0.717) is 17.0 Å². The molecule has 2 aromatic carbocycles. The van der Waals surface area contributed by atoms with Crippen molar-refractivity contribution in [2.45, 2.75) is 6.61 Å². The number of nitrogens with zero attached hydrogens (tertiary/aromatic N) is 1. The molecular formula is C16H13FN2O. The smallest absolute Gasteiger partial charge is 0.129 e. The average molecular weight is 268 g/mol. The number of rotatable bonds is 3. The fourth-order valence-corrected chi connectivity index (χ4v) is 2.08. The van der Waals surface area contributed by atoms with Gasteiger partial charge in [0, 0.05) is 34.4 Å². The zero-order valence-electron chi connectivity index (χ0n) is 10.7. The standard InChI is InChI=1S/C16H13FN2O/c17-14-4-2-1-3-11(14)10-20-16-6-5-15(18)12-7-8-19-9-13(12)16/h1-9H,10,18H2. The molecule has 1 heterocycles. The molecule has 0 unspecified atom stereocenters. The van der Waals surface area contributed by atoms with Gasteiger partial charge in [0.25, 0.3) is 0 Å². The third-order valence-electron chi connectivity index (χ3n) is 3.15. The highest BCUT2D eigenvalue weighted by molar-refractivity contribution is 5.96. The maximum Gasteiger partial charge on any atom is 0.129 e. The van der Waals surface area contributed by atoms with Gasteiger partial charge in [-0.1, -0.05) is 18.2 Å². The van der Waals surface area contributed by atoms with Crippen LogP contribution in [0.15, 0.2) is 54.9 Å². The number of anilines is 1. The minimum Gasteiger partial charge on any atom is -0.488 e. The number of hydrogen-bond donors (Lipinski definition) is 1. The van der Waals surface area contributed by atoms with E-state index in [2.05, 4.69) is 4.98 Å². The van der Waals surface area contributed by atoms with Crippen molar-refractivity contribution in [3.05, 3.63) is 66.2 Å². The summed E-state index contributed by atoms with van der Waals surface area (Å²) in [5.74, 6) is 0.371. The van der Waals surface area contributed by atoms with E-state index in [-0.39, 0.29) is 12.4 Å². The molecular weight excluding hydrogens is 255 g/mol. The summed E-state index contributed by atoms with van der Waals surface area (Å²) in [4.78, 5) is 4.08. The Balaban J connectivity index is 1.92. The number of hydrogen-bond acceptors (Lipinski definition) is 3. The fourth-order valence-electron chi connectivity index (χ4n) is 2.08. The number of nitrogens with two attached hydrogens (primary N) is 1. The van der Waals surface area contributed by atoms with E-state index in [4.69, 9.17) is 10.5 Å². The molecule has 0 saturated heterocycles. The van der Waals surface area contributed by atoms with Gasteiger partial charge < -0.3 is 10.5 Å². The Labute approximate surface area is 115 Å². The van der Waals surface area contributed by atoms with Gasteiger partial charge in [-0.2, -0.15) is 0 Å². The number of aromatic nitrogens is 1. The molecule has 0 atom stereocenters. The lowest BCUT2D eigenvalue weighted by molar-refractivity contribution is 0.303. The lowest BCUT2D eigenvalue weighted by Gasteiger charge is -2.11. The first-order valence-corrected chi connectivity index (χ1v) is 6.24. The van der Waals surface area contributed by atoms with Crippen molar-refractivity contribution >= 4 is 16.5 Å². The van der Waals surface area contributed by atoms with Crippen molar-refractivity contribution < 1.29 is 9.13 Å². The van der Waals surface area contributed by atoms with Crippen LogP contribution in [0.2, 0.25) is 0 Å². The average Bonchev–Trinajstić information content (AvgIpc) is 2.48. The molecule has 0 spiro atoms. The van der Waals surface area contributed by atoms with Gasteiger partial charge in [-0.3, -0.25) is 4.98 Å². The van der Waals surface area contributed by atoms with Gasteiger partial charge in [0.2, 0.25) is 0 Å². The van der Waals surface area contributed by atoms with Crippen LogP contribution in [0.4, 0.5) is 10.1 Å². The van der Waals surface area contributed by atoms with Crippen molar-refractivity contribution in [3.63, 3.8) is 0 Å². The number of fused-ring (bicyclic) bond motifs is 1. The molecule has 20 heavy (non-hydrogen) atoms. The summed E-state index contributed by atoms with van der Waals surface area (Å²) < 4.78 is 19.3. The molecule has 0 saturated carbocycles. The summed E-state index contributed by atoms with van der Waals surface area (Å²) in [5.41, 5.74) is 7.10. The first-order chi connectivity index (χ1) is 9.75. The van der Waals surface area contributed by atoms with Crippen molar-refractivity contribution in [3.8, 4) is 5.75 Å². The first kappa shape index (κ1) is 12.4. The van der Waals surface area contributed by atoms with E-state index in [1.165, 1.54) is 6.07 Å². The molecule has 3 aromatic rings. The number of nitrogen functional groups attached to an aromatic ring is 1. The second-order valence-corrected chi connectivity index (χ2v) is 4.45.